The number of aromatic amines is 1. The van der Waals surface area contributed by atoms with Gasteiger partial charge in [-0.05, 0) is 36.4 Å². The second-order valence-electron chi connectivity index (χ2n) is 5.13. The SMILES string of the molecule is O=C(CSc1ncn[nH]1)Nc1ccccc1C(=O)Nc1ccc(Cl)cc1. The number of aromatic nitrogens is 3. The van der Waals surface area contributed by atoms with Gasteiger partial charge in [0.15, 0.2) is 5.16 Å². The topological polar surface area (TPSA) is 99.8 Å². The highest BCUT2D eigenvalue weighted by Crippen LogP contribution is 2.19. The molecule has 26 heavy (non-hydrogen) atoms. The fourth-order valence-electron chi connectivity index (χ4n) is 2.11. The zero-order chi connectivity index (χ0) is 18.4. The maximum atomic E-state index is 12.5. The van der Waals surface area contributed by atoms with E-state index in [1.807, 2.05) is 0 Å². The Kier molecular flexibility index (Phi) is 5.88. The van der Waals surface area contributed by atoms with E-state index < -0.39 is 0 Å². The van der Waals surface area contributed by atoms with E-state index in [-0.39, 0.29) is 17.6 Å². The van der Waals surface area contributed by atoms with Crippen LogP contribution in [0.4, 0.5) is 11.4 Å². The number of rotatable bonds is 6. The third kappa shape index (κ3) is 4.84. The molecule has 2 amide bonds. The van der Waals surface area contributed by atoms with Gasteiger partial charge in [-0.1, -0.05) is 35.5 Å². The molecule has 9 heteroatoms. The minimum absolute atomic E-state index is 0.141. The molecule has 0 aliphatic carbocycles. The summed E-state index contributed by atoms with van der Waals surface area (Å²) in [6.07, 6.45) is 1.37. The molecule has 2 aromatic carbocycles. The van der Waals surface area contributed by atoms with Crippen molar-refractivity contribution >= 4 is 46.6 Å². The van der Waals surface area contributed by atoms with Crippen LogP contribution in [0.2, 0.25) is 5.02 Å². The van der Waals surface area contributed by atoms with Crippen LogP contribution < -0.4 is 10.6 Å². The Balaban J connectivity index is 1.66. The summed E-state index contributed by atoms with van der Waals surface area (Å²) >= 11 is 7.06. The summed E-state index contributed by atoms with van der Waals surface area (Å²) in [4.78, 5) is 28.6. The van der Waals surface area contributed by atoms with E-state index >= 15 is 0 Å². The highest BCUT2D eigenvalue weighted by atomic mass is 35.5. The Morgan fingerprint density at radius 1 is 1.08 bits per heavy atom. The van der Waals surface area contributed by atoms with Gasteiger partial charge in [-0.3, -0.25) is 14.7 Å². The number of amides is 2. The molecule has 132 valence electrons. The van der Waals surface area contributed by atoms with Gasteiger partial charge in [-0.25, -0.2) is 4.98 Å². The second kappa shape index (κ2) is 8.50. The number of carbonyl (C=O) groups excluding carboxylic acids is 2. The normalized spacial score (nSPS) is 10.3. The van der Waals surface area contributed by atoms with Crippen LogP contribution in [0.3, 0.4) is 0 Å². The van der Waals surface area contributed by atoms with Gasteiger partial charge < -0.3 is 10.6 Å². The van der Waals surface area contributed by atoms with Crippen molar-refractivity contribution in [1.29, 1.82) is 0 Å². The third-order valence-corrected chi connectivity index (χ3v) is 4.41. The van der Waals surface area contributed by atoms with Gasteiger partial charge in [-0.15, -0.1) is 0 Å². The van der Waals surface area contributed by atoms with E-state index in [4.69, 9.17) is 11.6 Å². The summed E-state index contributed by atoms with van der Waals surface area (Å²) in [6, 6.07) is 13.6. The van der Waals surface area contributed by atoms with E-state index in [0.717, 1.165) is 0 Å². The Hall–Kier alpha value is -2.84. The summed E-state index contributed by atoms with van der Waals surface area (Å²) in [5.74, 6) is -0.438. The lowest BCUT2D eigenvalue weighted by Crippen LogP contribution is -2.19. The van der Waals surface area contributed by atoms with Crippen molar-refractivity contribution in [2.75, 3.05) is 16.4 Å². The van der Waals surface area contributed by atoms with Gasteiger partial charge in [0.25, 0.3) is 5.91 Å². The van der Waals surface area contributed by atoms with Gasteiger partial charge in [0, 0.05) is 10.7 Å². The molecule has 0 unspecified atom stereocenters. The Labute approximate surface area is 158 Å². The van der Waals surface area contributed by atoms with Crippen molar-refractivity contribution in [3.8, 4) is 0 Å². The fraction of sp³-hybridized carbons (Fsp3) is 0.0588. The summed E-state index contributed by atoms with van der Waals surface area (Å²) in [6.45, 7) is 0. The van der Waals surface area contributed by atoms with Crippen LogP contribution >= 0.6 is 23.4 Å². The second-order valence-corrected chi connectivity index (χ2v) is 6.53. The zero-order valence-electron chi connectivity index (χ0n) is 13.4. The molecule has 0 radical (unpaired) electrons. The maximum Gasteiger partial charge on any atom is 0.257 e. The van der Waals surface area contributed by atoms with Crippen LogP contribution in [0.25, 0.3) is 0 Å². The number of carbonyl (C=O) groups is 2. The highest BCUT2D eigenvalue weighted by molar-refractivity contribution is 7.99. The Morgan fingerprint density at radius 2 is 1.85 bits per heavy atom. The summed E-state index contributed by atoms with van der Waals surface area (Å²) < 4.78 is 0. The van der Waals surface area contributed by atoms with Gasteiger partial charge in [-0.2, -0.15) is 5.10 Å². The zero-order valence-corrected chi connectivity index (χ0v) is 15.0. The summed E-state index contributed by atoms with van der Waals surface area (Å²) in [7, 11) is 0. The summed E-state index contributed by atoms with van der Waals surface area (Å²) in [5, 5.41) is 13.0. The Morgan fingerprint density at radius 3 is 2.58 bits per heavy atom. The molecule has 1 heterocycles. The van der Waals surface area contributed by atoms with Crippen molar-refractivity contribution in [3.63, 3.8) is 0 Å². The molecule has 0 saturated heterocycles. The fourth-order valence-corrected chi connectivity index (χ4v) is 2.81. The van der Waals surface area contributed by atoms with Gasteiger partial charge in [0.1, 0.15) is 6.33 Å². The molecule has 3 aromatic rings. The van der Waals surface area contributed by atoms with Gasteiger partial charge in [0.05, 0.1) is 17.0 Å². The van der Waals surface area contributed by atoms with Crippen LogP contribution in [-0.4, -0.2) is 32.7 Å². The predicted molar refractivity (Wildman–Crippen MR) is 102 cm³/mol. The van der Waals surface area contributed by atoms with Crippen molar-refractivity contribution in [2.24, 2.45) is 0 Å². The first-order valence-electron chi connectivity index (χ1n) is 7.56. The van der Waals surface area contributed by atoms with Crippen molar-refractivity contribution in [1.82, 2.24) is 15.2 Å². The molecule has 0 atom stereocenters. The molecular weight excluding hydrogens is 374 g/mol. The van der Waals surface area contributed by atoms with Crippen molar-refractivity contribution < 1.29 is 9.59 Å². The number of anilines is 2. The molecule has 0 aliphatic rings. The van der Waals surface area contributed by atoms with E-state index in [1.165, 1.54) is 18.1 Å². The smallest absolute Gasteiger partial charge is 0.257 e. The highest BCUT2D eigenvalue weighted by Gasteiger charge is 2.14. The van der Waals surface area contributed by atoms with E-state index in [0.29, 0.717) is 27.1 Å². The summed E-state index contributed by atoms with van der Waals surface area (Å²) in [5.41, 5.74) is 1.41. The minimum Gasteiger partial charge on any atom is -0.325 e. The number of thioether (sulfide) groups is 1. The molecule has 0 spiro atoms. The number of halogens is 1. The number of hydrogen-bond acceptors (Lipinski definition) is 5. The number of H-pyrrole nitrogens is 1. The molecule has 3 N–H and O–H groups in total. The average molecular weight is 388 g/mol. The quantitative estimate of drug-likeness (QED) is 0.562. The van der Waals surface area contributed by atoms with Crippen LogP contribution in [0.5, 0.6) is 0 Å². The average Bonchev–Trinajstić information content (AvgIpc) is 3.16. The van der Waals surface area contributed by atoms with Crippen molar-refractivity contribution in [3.05, 3.63) is 65.4 Å². The first-order chi connectivity index (χ1) is 12.6. The van der Waals surface area contributed by atoms with Gasteiger partial charge >= 0.3 is 0 Å². The molecule has 1 aromatic heterocycles. The van der Waals surface area contributed by atoms with E-state index in [2.05, 4.69) is 25.8 Å². The molecule has 3 rings (SSSR count). The van der Waals surface area contributed by atoms with Gasteiger partial charge in [0.2, 0.25) is 5.91 Å². The van der Waals surface area contributed by atoms with Crippen LogP contribution in [0, 0.1) is 0 Å². The van der Waals surface area contributed by atoms with Crippen molar-refractivity contribution in [2.45, 2.75) is 5.16 Å². The first kappa shape index (κ1) is 18.0. The molecule has 0 aliphatic heterocycles. The minimum atomic E-state index is -0.328. The lowest BCUT2D eigenvalue weighted by Gasteiger charge is -2.11. The number of nitrogens with one attached hydrogen (secondary N) is 3. The third-order valence-electron chi connectivity index (χ3n) is 3.28. The predicted octanol–water partition coefficient (Wildman–Crippen LogP) is 3.44. The molecular formula is C17H14ClN5O2S. The van der Waals surface area contributed by atoms with E-state index in [1.54, 1.807) is 48.5 Å². The van der Waals surface area contributed by atoms with E-state index in [9.17, 15) is 9.59 Å². The lowest BCUT2D eigenvalue weighted by atomic mass is 10.1. The molecule has 0 saturated carbocycles. The molecule has 7 nitrogen and oxygen atoms in total. The van der Waals surface area contributed by atoms with Crippen LogP contribution in [0.15, 0.2) is 60.0 Å². The van der Waals surface area contributed by atoms with Crippen LogP contribution in [0.1, 0.15) is 10.4 Å². The standard InChI is InChI=1S/C17H14ClN5O2S/c18-11-5-7-12(8-6-11)21-16(25)13-3-1-2-4-14(13)22-15(24)9-26-17-19-10-20-23-17/h1-8,10H,9H2,(H,21,25)(H,22,24)(H,19,20,23). The number of nitrogens with zero attached hydrogens (tertiary/aromatic N) is 2. The maximum absolute atomic E-state index is 12.5. The van der Waals surface area contributed by atoms with Crippen LogP contribution in [-0.2, 0) is 4.79 Å². The molecule has 0 fully saturated rings. The number of para-hydroxylation sites is 1. The Bertz CT molecular complexity index is 900. The largest absolute Gasteiger partial charge is 0.325 e. The molecule has 0 bridgehead atoms. The number of benzene rings is 2. The number of hydrogen-bond donors (Lipinski definition) is 3. The lowest BCUT2D eigenvalue weighted by molar-refractivity contribution is -0.113. The monoisotopic (exact) mass is 387 g/mol. The first-order valence-corrected chi connectivity index (χ1v) is 8.92.